The molecule has 0 aromatic heterocycles. The van der Waals surface area contributed by atoms with E-state index in [1.807, 2.05) is 6.92 Å². The van der Waals surface area contributed by atoms with Gasteiger partial charge in [0.05, 0.1) is 18.1 Å². The lowest BCUT2D eigenvalue weighted by molar-refractivity contribution is -0.163. The summed E-state index contributed by atoms with van der Waals surface area (Å²) in [5.41, 5.74) is 5.05. The zero-order chi connectivity index (χ0) is 28.5. The van der Waals surface area contributed by atoms with Gasteiger partial charge in [0, 0.05) is 17.8 Å². The summed E-state index contributed by atoms with van der Waals surface area (Å²) in [7, 11) is 1.49. The maximum atomic E-state index is 13.4. The molecule has 0 aromatic rings. The van der Waals surface area contributed by atoms with Crippen molar-refractivity contribution < 1.29 is 23.9 Å². The monoisotopic (exact) mass is 525 g/mol. The first-order chi connectivity index (χ1) is 17.5. The highest BCUT2D eigenvalue weighted by Gasteiger charge is 2.62. The Balaban J connectivity index is 1.74. The Kier molecular flexibility index (Phi) is 6.93. The van der Waals surface area contributed by atoms with E-state index in [0.717, 1.165) is 44.1 Å². The molecule has 38 heavy (non-hydrogen) atoms. The van der Waals surface area contributed by atoms with Gasteiger partial charge in [0.1, 0.15) is 0 Å². The lowest BCUT2D eigenvalue weighted by atomic mass is 9.41. The molecule has 1 amide bonds. The third-order valence-electron chi connectivity index (χ3n) is 11.9. The minimum Gasteiger partial charge on any atom is -0.469 e. The second kappa shape index (κ2) is 9.16. The van der Waals surface area contributed by atoms with Gasteiger partial charge in [-0.3, -0.25) is 19.2 Å². The number of esters is 1. The van der Waals surface area contributed by atoms with Crippen molar-refractivity contribution in [3.63, 3.8) is 0 Å². The number of rotatable bonds is 5. The van der Waals surface area contributed by atoms with Crippen LogP contribution in [0.4, 0.5) is 0 Å². The van der Waals surface area contributed by atoms with Crippen molar-refractivity contribution in [2.75, 3.05) is 7.11 Å². The van der Waals surface area contributed by atoms with Gasteiger partial charge in [0.15, 0.2) is 11.6 Å². The summed E-state index contributed by atoms with van der Waals surface area (Å²) in [6.45, 7) is 15.2. The largest absolute Gasteiger partial charge is 0.469 e. The zero-order valence-corrected chi connectivity index (χ0v) is 24.7. The highest BCUT2D eigenvalue weighted by Crippen LogP contribution is 2.68. The number of carbonyl (C=O) groups is 4. The van der Waals surface area contributed by atoms with Crippen molar-refractivity contribution in [1.29, 1.82) is 0 Å². The van der Waals surface area contributed by atoms with Gasteiger partial charge in [0.2, 0.25) is 0 Å². The SMILES string of the molecule is COC(=O)[C@]1(CC[C@]2(C)CC(=O)C=C3[C@@]4(C)C=C(C(N)=O)C(=O)[C@@H](C)[C@@H]4CC[C@]32C)CCC(C)(C)CC1C. The Morgan fingerprint density at radius 3 is 2.26 bits per heavy atom. The van der Waals surface area contributed by atoms with Crippen LogP contribution >= 0.6 is 0 Å². The number of Topliss-reactive ketones (excluding diaryl/α,β-unsaturated/α-hetero) is 1. The number of ketones is 2. The summed E-state index contributed by atoms with van der Waals surface area (Å²) in [5, 5.41) is 0. The van der Waals surface area contributed by atoms with Crippen molar-refractivity contribution >= 4 is 23.4 Å². The van der Waals surface area contributed by atoms with Gasteiger partial charge in [-0.2, -0.15) is 0 Å². The first-order valence-electron chi connectivity index (χ1n) is 14.4. The quantitative estimate of drug-likeness (QED) is 0.365. The highest BCUT2D eigenvalue weighted by molar-refractivity contribution is 6.20. The van der Waals surface area contributed by atoms with Gasteiger partial charge in [-0.25, -0.2) is 0 Å². The summed E-state index contributed by atoms with van der Waals surface area (Å²) >= 11 is 0. The zero-order valence-electron chi connectivity index (χ0n) is 24.7. The number of amides is 1. The molecule has 0 aromatic carbocycles. The molecule has 4 rings (SSSR count). The van der Waals surface area contributed by atoms with Gasteiger partial charge in [0.25, 0.3) is 5.91 Å². The predicted molar refractivity (Wildman–Crippen MR) is 147 cm³/mol. The minimum absolute atomic E-state index is 0.00887. The average Bonchev–Trinajstić information content (AvgIpc) is 2.82. The Morgan fingerprint density at radius 2 is 1.68 bits per heavy atom. The van der Waals surface area contributed by atoms with Crippen LogP contribution in [0.5, 0.6) is 0 Å². The van der Waals surface area contributed by atoms with Crippen molar-refractivity contribution in [3.05, 3.63) is 23.3 Å². The molecule has 0 spiro atoms. The molecule has 2 fully saturated rings. The van der Waals surface area contributed by atoms with Crippen molar-refractivity contribution in [2.24, 2.45) is 50.6 Å². The fraction of sp³-hybridized carbons (Fsp3) is 0.750. The molecule has 2 N–H and O–H groups in total. The number of primary amides is 1. The lowest BCUT2D eigenvalue weighted by Crippen LogP contribution is -2.56. The van der Waals surface area contributed by atoms with E-state index in [9.17, 15) is 19.2 Å². The van der Waals surface area contributed by atoms with Gasteiger partial charge < -0.3 is 10.5 Å². The van der Waals surface area contributed by atoms with Crippen molar-refractivity contribution in [1.82, 2.24) is 0 Å². The van der Waals surface area contributed by atoms with E-state index in [4.69, 9.17) is 10.5 Å². The Bertz CT molecular complexity index is 1130. The average molecular weight is 526 g/mol. The molecule has 0 heterocycles. The van der Waals surface area contributed by atoms with Gasteiger partial charge in [-0.15, -0.1) is 0 Å². The lowest BCUT2D eigenvalue weighted by Gasteiger charge is -2.62. The fourth-order valence-electron chi connectivity index (χ4n) is 9.13. The summed E-state index contributed by atoms with van der Waals surface area (Å²) in [6, 6.07) is 0. The second-order valence-electron chi connectivity index (χ2n) is 14.5. The Labute approximate surface area is 228 Å². The minimum atomic E-state index is -0.700. The number of hydrogen-bond donors (Lipinski definition) is 1. The molecular formula is C32H47NO5. The fourth-order valence-corrected chi connectivity index (χ4v) is 9.13. The van der Waals surface area contributed by atoms with Gasteiger partial charge in [-0.1, -0.05) is 60.1 Å². The smallest absolute Gasteiger partial charge is 0.312 e. The van der Waals surface area contributed by atoms with Crippen LogP contribution in [0.15, 0.2) is 23.3 Å². The Hall–Kier alpha value is -2.24. The first-order valence-corrected chi connectivity index (χ1v) is 14.4. The molecule has 0 bridgehead atoms. The summed E-state index contributed by atoms with van der Waals surface area (Å²) < 4.78 is 5.40. The summed E-state index contributed by atoms with van der Waals surface area (Å²) in [5.74, 6) is -1.09. The van der Waals surface area contributed by atoms with E-state index in [1.54, 1.807) is 12.2 Å². The maximum absolute atomic E-state index is 13.4. The third kappa shape index (κ3) is 4.12. The van der Waals surface area contributed by atoms with E-state index >= 15 is 0 Å². The molecule has 6 heteroatoms. The van der Waals surface area contributed by atoms with Crippen LogP contribution in [0.3, 0.4) is 0 Å². The van der Waals surface area contributed by atoms with E-state index < -0.39 is 16.7 Å². The second-order valence-corrected chi connectivity index (χ2v) is 14.5. The van der Waals surface area contributed by atoms with Crippen LogP contribution in [-0.4, -0.2) is 30.6 Å². The van der Waals surface area contributed by atoms with Crippen LogP contribution < -0.4 is 5.73 Å². The Morgan fingerprint density at radius 1 is 1.03 bits per heavy atom. The van der Waals surface area contributed by atoms with E-state index in [-0.39, 0.29) is 57.1 Å². The summed E-state index contributed by atoms with van der Waals surface area (Å²) in [4.78, 5) is 51.9. The van der Waals surface area contributed by atoms with Crippen LogP contribution in [0.2, 0.25) is 0 Å². The highest BCUT2D eigenvalue weighted by atomic mass is 16.5. The molecule has 0 radical (unpaired) electrons. The van der Waals surface area contributed by atoms with Crippen LogP contribution in [-0.2, 0) is 23.9 Å². The predicted octanol–water partition coefficient (Wildman–Crippen LogP) is 5.73. The molecular weight excluding hydrogens is 478 g/mol. The molecule has 4 aliphatic rings. The number of methoxy groups -OCH3 is 1. The van der Waals surface area contributed by atoms with Crippen molar-refractivity contribution in [3.8, 4) is 0 Å². The first kappa shape index (κ1) is 28.8. The van der Waals surface area contributed by atoms with E-state index in [2.05, 4.69) is 41.5 Å². The number of ether oxygens (including phenoxy) is 1. The third-order valence-corrected chi connectivity index (χ3v) is 11.9. The van der Waals surface area contributed by atoms with E-state index in [1.165, 1.54) is 7.11 Å². The standard InChI is InChI=1S/C32H47NO5/c1-19-16-28(3,4)11-13-32(19,27(37)38-8)14-12-29(5)17-21(34)15-24-30(6)18-22(26(33)36)25(35)20(2)23(30)9-10-31(24,29)7/h15,18-20,23H,9-14,16-17H2,1-8H3,(H2,33,36)/t19?,20-,23-,29+,30-,31+,32-/m0/s1. The van der Waals surface area contributed by atoms with Crippen LogP contribution in [0.1, 0.15) is 99.8 Å². The molecule has 6 nitrogen and oxygen atoms in total. The molecule has 1 unspecified atom stereocenters. The van der Waals surface area contributed by atoms with Crippen molar-refractivity contribution in [2.45, 2.75) is 99.8 Å². The molecule has 2 saturated carbocycles. The number of nitrogens with two attached hydrogens (primary N) is 1. The van der Waals surface area contributed by atoms with Gasteiger partial charge in [-0.05, 0) is 79.1 Å². The summed E-state index contributed by atoms with van der Waals surface area (Å²) in [6.07, 6.45) is 9.81. The number of hydrogen-bond acceptors (Lipinski definition) is 5. The number of fused-ring (bicyclic) bond motifs is 3. The molecule has 4 aliphatic carbocycles. The number of allylic oxidation sites excluding steroid dienone is 3. The topological polar surface area (TPSA) is 104 Å². The van der Waals surface area contributed by atoms with Crippen LogP contribution in [0.25, 0.3) is 0 Å². The molecule has 7 atom stereocenters. The molecule has 0 aliphatic heterocycles. The van der Waals surface area contributed by atoms with E-state index in [0.29, 0.717) is 12.8 Å². The van der Waals surface area contributed by atoms with Gasteiger partial charge >= 0.3 is 5.97 Å². The normalized spacial score (nSPS) is 42.4. The molecule has 210 valence electrons. The van der Waals surface area contributed by atoms with Crippen LogP contribution in [0, 0.1) is 44.8 Å². The molecule has 0 saturated heterocycles. The number of carbonyl (C=O) groups excluding carboxylic acids is 4. The maximum Gasteiger partial charge on any atom is 0.312 e.